The topological polar surface area (TPSA) is 94.8 Å². The SMILES string of the molecule is CC[C@H](NC(=O)OC(C)(C)C)C(=O)Oc1cc(C)cc2oc(=O)cc(C)c12. The summed E-state index contributed by atoms with van der Waals surface area (Å²) in [6.45, 7) is 10.5. The van der Waals surface area contributed by atoms with Gasteiger partial charge in [-0.25, -0.2) is 14.4 Å². The van der Waals surface area contributed by atoms with Gasteiger partial charge in [0.2, 0.25) is 0 Å². The summed E-state index contributed by atoms with van der Waals surface area (Å²) in [7, 11) is 0. The Morgan fingerprint density at radius 1 is 1.19 bits per heavy atom. The fraction of sp³-hybridized carbons (Fsp3) is 0.450. The summed E-state index contributed by atoms with van der Waals surface area (Å²) in [6.07, 6.45) is -0.363. The molecule has 7 heteroatoms. The number of hydrogen-bond acceptors (Lipinski definition) is 6. The highest BCUT2D eigenvalue weighted by Crippen LogP contribution is 2.29. The molecule has 1 aromatic carbocycles. The number of alkyl carbamates (subject to hydrolysis) is 1. The molecule has 0 aliphatic heterocycles. The van der Waals surface area contributed by atoms with E-state index in [-0.39, 0.29) is 5.75 Å². The number of aryl methyl sites for hydroxylation is 2. The number of fused-ring (bicyclic) bond motifs is 1. The molecule has 1 heterocycles. The van der Waals surface area contributed by atoms with Crippen LogP contribution in [0.3, 0.4) is 0 Å². The molecule has 0 spiro atoms. The number of ether oxygens (including phenoxy) is 2. The Hall–Kier alpha value is -2.83. The van der Waals surface area contributed by atoms with Gasteiger partial charge in [0, 0.05) is 6.07 Å². The zero-order valence-corrected chi connectivity index (χ0v) is 16.5. The van der Waals surface area contributed by atoms with Crippen molar-refractivity contribution in [2.24, 2.45) is 0 Å². The predicted octanol–water partition coefficient (Wildman–Crippen LogP) is 3.62. The first-order valence-electron chi connectivity index (χ1n) is 8.76. The van der Waals surface area contributed by atoms with E-state index < -0.39 is 29.3 Å². The number of nitrogens with one attached hydrogen (secondary N) is 1. The standard InChI is InChI=1S/C20H25NO6/c1-7-13(21-19(24)27-20(4,5)6)18(23)26-15-9-11(2)8-14-17(15)12(3)10-16(22)25-14/h8-10,13H,7H2,1-6H3,(H,21,24)/t13-/m0/s1. The number of esters is 1. The van der Waals surface area contributed by atoms with E-state index in [2.05, 4.69) is 5.32 Å². The van der Waals surface area contributed by atoms with Crippen molar-refractivity contribution in [3.8, 4) is 5.75 Å². The van der Waals surface area contributed by atoms with Crippen LogP contribution >= 0.6 is 0 Å². The molecule has 1 aromatic heterocycles. The molecule has 0 radical (unpaired) electrons. The Morgan fingerprint density at radius 2 is 1.85 bits per heavy atom. The van der Waals surface area contributed by atoms with Crippen LogP contribution in [0, 0.1) is 13.8 Å². The Morgan fingerprint density at radius 3 is 2.44 bits per heavy atom. The molecule has 7 nitrogen and oxygen atoms in total. The first kappa shape index (κ1) is 20.5. The van der Waals surface area contributed by atoms with Crippen molar-refractivity contribution in [1.29, 1.82) is 0 Å². The molecule has 0 bridgehead atoms. The van der Waals surface area contributed by atoms with E-state index in [4.69, 9.17) is 13.9 Å². The average Bonchev–Trinajstić information content (AvgIpc) is 2.49. The van der Waals surface area contributed by atoms with Crippen molar-refractivity contribution in [1.82, 2.24) is 5.32 Å². The summed E-state index contributed by atoms with van der Waals surface area (Å²) in [5, 5.41) is 3.06. The van der Waals surface area contributed by atoms with Crippen LogP contribution in [0.25, 0.3) is 11.0 Å². The van der Waals surface area contributed by atoms with Gasteiger partial charge in [0.15, 0.2) is 0 Å². The fourth-order valence-electron chi connectivity index (χ4n) is 2.61. The Kier molecular flexibility index (Phi) is 5.93. The highest BCUT2D eigenvalue weighted by molar-refractivity contribution is 5.91. The molecule has 27 heavy (non-hydrogen) atoms. The maximum absolute atomic E-state index is 12.6. The van der Waals surface area contributed by atoms with Crippen molar-refractivity contribution in [3.05, 3.63) is 39.7 Å². The number of carbonyl (C=O) groups is 2. The first-order chi connectivity index (χ1) is 12.5. The highest BCUT2D eigenvalue weighted by Gasteiger charge is 2.25. The summed E-state index contributed by atoms with van der Waals surface area (Å²) in [5.41, 5.74) is 0.606. The van der Waals surface area contributed by atoms with Gasteiger partial charge >= 0.3 is 17.7 Å². The third-order valence-electron chi connectivity index (χ3n) is 3.74. The van der Waals surface area contributed by atoms with Crippen molar-refractivity contribution >= 4 is 23.0 Å². The predicted molar refractivity (Wildman–Crippen MR) is 101 cm³/mol. The first-order valence-corrected chi connectivity index (χ1v) is 8.76. The summed E-state index contributed by atoms with van der Waals surface area (Å²) in [4.78, 5) is 36.1. The molecule has 0 saturated carbocycles. The number of benzene rings is 1. The van der Waals surface area contributed by atoms with Crippen LogP contribution in [-0.2, 0) is 9.53 Å². The van der Waals surface area contributed by atoms with Crippen LogP contribution < -0.4 is 15.7 Å². The quantitative estimate of drug-likeness (QED) is 0.498. The number of rotatable bonds is 4. The van der Waals surface area contributed by atoms with Gasteiger partial charge < -0.3 is 19.2 Å². The smallest absolute Gasteiger partial charge is 0.408 e. The van der Waals surface area contributed by atoms with E-state index in [0.29, 0.717) is 23.0 Å². The van der Waals surface area contributed by atoms with E-state index >= 15 is 0 Å². The maximum atomic E-state index is 12.6. The molecular weight excluding hydrogens is 350 g/mol. The molecule has 1 N–H and O–H groups in total. The van der Waals surface area contributed by atoms with Gasteiger partial charge in [0.25, 0.3) is 0 Å². The summed E-state index contributed by atoms with van der Waals surface area (Å²) < 4.78 is 15.9. The second-order valence-corrected chi connectivity index (χ2v) is 7.41. The Balaban J connectivity index is 2.28. The second-order valence-electron chi connectivity index (χ2n) is 7.41. The van der Waals surface area contributed by atoms with Gasteiger partial charge in [-0.3, -0.25) is 0 Å². The van der Waals surface area contributed by atoms with Crippen molar-refractivity contribution < 1.29 is 23.5 Å². The van der Waals surface area contributed by atoms with Crippen LogP contribution in [0.4, 0.5) is 4.79 Å². The van der Waals surface area contributed by atoms with E-state index in [9.17, 15) is 14.4 Å². The Labute approximate surface area is 157 Å². The molecule has 0 aliphatic carbocycles. The van der Waals surface area contributed by atoms with Gasteiger partial charge in [-0.2, -0.15) is 0 Å². The van der Waals surface area contributed by atoms with Crippen LogP contribution in [0.1, 0.15) is 45.2 Å². The van der Waals surface area contributed by atoms with Crippen LogP contribution in [-0.4, -0.2) is 23.7 Å². The minimum atomic E-state index is -0.869. The largest absolute Gasteiger partial charge is 0.444 e. The normalized spacial score (nSPS) is 12.5. The van der Waals surface area contributed by atoms with E-state index in [1.54, 1.807) is 53.7 Å². The van der Waals surface area contributed by atoms with Crippen LogP contribution in [0.5, 0.6) is 5.75 Å². The molecule has 1 atom stereocenters. The van der Waals surface area contributed by atoms with Crippen molar-refractivity contribution in [2.45, 2.75) is 59.6 Å². The zero-order valence-electron chi connectivity index (χ0n) is 16.5. The number of amides is 1. The molecule has 0 unspecified atom stereocenters. The van der Waals surface area contributed by atoms with Gasteiger partial charge in [0.1, 0.15) is 23.0 Å². The van der Waals surface area contributed by atoms with Gasteiger partial charge in [-0.1, -0.05) is 6.92 Å². The summed E-state index contributed by atoms with van der Waals surface area (Å²) in [6, 6.07) is 3.86. The third-order valence-corrected chi connectivity index (χ3v) is 3.74. The van der Waals surface area contributed by atoms with Crippen molar-refractivity contribution in [3.63, 3.8) is 0 Å². The van der Waals surface area contributed by atoms with E-state index in [0.717, 1.165) is 5.56 Å². The zero-order chi connectivity index (χ0) is 20.4. The highest BCUT2D eigenvalue weighted by atomic mass is 16.6. The molecule has 2 aromatic rings. The fourth-order valence-corrected chi connectivity index (χ4v) is 2.61. The van der Waals surface area contributed by atoms with E-state index in [1.807, 2.05) is 0 Å². The second kappa shape index (κ2) is 7.82. The Bertz CT molecular complexity index is 922. The monoisotopic (exact) mass is 375 g/mol. The molecule has 0 aliphatic rings. The van der Waals surface area contributed by atoms with Crippen LogP contribution in [0.15, 0.2) is 27.4 Å². The van der Waals surface area contributed by atoms with Gasteiger partial charge in [-0.15, -0.1) is 0 Å². The van der Waals surface area contributed by atoms with Gasteiger partial charge in [-0.05, 0) is 64.3 Å². The lowest BCUT2D eigenvalue weighted by molar-refractivity contribution is -0.136. The average molecular weight is 375 g/mol. The molecule has 2 rings (SSSR count). The minimum absolute atomic E-state index is 0.278. The summed E-state index contributed by atoms with van der Waals surface area (Å²) in [5.74, 6) is -0.346. The van der Waals surface area contributed by atoms with E-state index in [1.165, 1.54) is 6.07 Å². The molecule has 146 valence electrons. The molecular formula is C20H25NO6. The molecule has 0 fully saturated rings. The maximum Gasteiger partial charge on any atom is 0.408 e. The molecule has 1 amide bonds. The summed E-state index contributed by atoms with van der Waals surface area (Å²) >= 11 is 0. The lowest BCUT2D eigenvalue weighted by Crippen LogP contribution is -2.44. The molecule has 0 saturated heterocycles. The van der Waals surface area contributed by atoms with Crippen molar-refractivity contribution in [2.75, 3.05) is 0 Å². The lowest BCUT2D eigenvalue weighted by Gasteiger charge is -2.22. The third kappa shape index (κ3) is 5.32. The van der Waals surface area contributed by atoms with Gasteiger partial charge in [0.05, 0.1) is 5.39 Å². The number of carbonyl (C=O) groups excluding carboxylic acids is 2. The minimum Gasteiger partial charge on any atom is -0.444 e. The number of hydrogen-bond donors (Lipinski definition) is 1. The van der Waals surface area contributed by atoms with Crippen LogP contribution in [0.2, 0.25) is 0 Å². The lowest BCUT2D eigenvalue weighted by atomic mass is 10.1.